The van der Waals surface area contributed by atoms with Gasteiger partial charge in [-0.25, -0.2) is 0 Å². The van der Waals surface area contributed by atoms with Crippen LogP contribution in [0, 0.1) is 0 Å². The van der Waals surface area contributed by atoms with Gasteiger partial charge in [0, 0.05) is 18.1 Å². The first kappa shape index (κ1) is 15.9. The second kappa shape index (κ2) is 8.89. The van der Waals surface area contributed by atoms with Gasteiger partial charge in [-0.15, -0.1) is 0 Å². The van der Waals surface area contributed by atoms with Crippen LogP contribution in [0.25, 0.3) is 0 Å². The van der Waals surface area contributed by atoms with Crippen LogP contribution in [0.2, 0.25) is 0 Å². The van der Waals surface area contributed by atoms with Crippen molar-refractivity contribution in [2.45, 2.75) is 71.0 Å². The summed E-state index contributed by atoms with van der Waals surface area (Å²) < 4.78 is 0. The molecule has 0 bridgehead atoms. The average molecular weight is 255 g/mol. The lowest BCUT2D eigenvalue weighted by atomic mass is 10.1. The Morgan fingerprint density at radius 3 is 2.67 bits per heavy atom. The van der Waals surface area contributed by atoms with Crippen molar-refractivity contribution in [1.29, 1.82) is 0 Å². The molecule has 0 radical (unpaired) electrons. The minimum absolute atomic E-state index is 0.656. The Morgan fingerprint density at radius 1 is 1.28 bits per heavy atom. The molecule has 0 aliphatic carbocycles. The van der Waals surface area contributed by atoms with Crippen molar-refractivity contribution in [3.05, 3.63) is 0 Å². The van der Waals surface area contributed by atoms with E-state index >= 15 is 0 Å². The van der Waals surface area contributed by atoms with Gasteiger partial charge < -0.3 is 15.5 Å². The van der Waals surface area contributed by atoms with Crippen molar-refractivity contribution in [3.63, 3.8) is 0 Å². The summed E-state index contributed by atoms with van der Waals surface area (Å²) >= 11 is 0. The molecule has 1 rings (SSSR count). The van der Waals surface area contributed by atoms with Crippen molar-refractivity contribution in [1.82, 2.24) is 15.5 Å². The van der Waals surface area contributed by atoms with Gasteiger partial charge >= 0.3 is 0 Å². The fraction of sp³-hybridized carbons (Fsp3) is 1.00. The monoisotopic (exact) mass is 255 g/mol. The molecule has 2 unspecified atom stereocenters. The average Bonchev–Trinajstić information content (AvgIpc) is 2.80. The second-order valence-electron chi connectivity index (χ2n) is 6.17. The highest BCUT2D eigenvalue weighted by atomic mass is 15.1. The Kier molecular flexibility index (Phi) is 7.87. The van der Waals surface area contributed by atoms with Crippen molar-refractivity contribution in [3.8, 4) is 0 Å². The van der Waals surface area contributed by atoms with Crippen LogP contribution >= 0.6 is 0 Å². The number of hydrogen-bond acceptors (Lipinski definition) is 3. The summed E-state index contributed by atoms with van der Waals surface area (Å²) in [5.41, 5.74) is 0. The van der Waals surface area contributed by atoms with E-state index in [0.717, 1.165) is 6.04 Å². The lowest BCUT2D eigenvalue weighted by molar-refractivity contribution is 0.267. The van der Waals surface area contributed by atoms with Gasteiger partial charge in [0.25, 0.3) is 0 Å². The van der Waals surface area contributed by atoms with Gasteiger partial charge in [-0.05, 0) is 79.6 Å². The van der Waals surface area contributed by atoms with Gasteiger partial charge in [0.05, 0.1) is 0 Å². The molecule has 0 aromatic carbocycles. The highest BCUT2D eigenvalue weighted by Crippen LogP contribution is 2.10. The third-order valence-electron chi connectivity index (χ3n) is 4.11. The molecule has 0 amide bonds. The third-order valence-corrected chi connectivity index (χ3v) is 4.11. The Morgan fingerprint density at radius 2 is 2.06 bits per heavy atom. The quantitative estimate of drug-likeness (QED) is 0.619. The van der Waals surface area contributed by atoms with Gasteiger partial charge in [0.1, 0.15) is 0 Å². The second-order valence-corrected chi connectivity index (χ2v) is 6.17. The summed E-state index contributed by atoms with van der Waals surface area (Å²) in [6.07, 6.45) is 6.60. The Hall–Kier alpha value is -0.120. The van der Waals surface area contributed by atoms with E-state index < -0.39 is 0 Å². The topological polar surface area (TPSA) is 27.3 Å². The Balaban J connectivity index is 1.93. The first-order valence-electron chi connectivity index (χ1n) is 7.76. The summed E-state index contributed by atoms with van der Waals surface area (Å²) in [6, 6.07) is 2.09. The summed E-state index contributed by atoms with van der Waals surface area (Å²) in [7, 11) is 2.21. The van der Waals surface area contributed by atoms with E-state index in [1.807, 2.05) is 0 Å². The summed E-state index contributed by atoms with van der Waals surface area (Å²) in [5.74, 6) is 0. The molecule has 1 aliphatic heterocycles. The maximum atomic E-state index is 3.65. The number of rotatable bonds is 9. The zero-order chi connectivity index (χ0) is 13.4. The molecule has 0 spiro atoms. The van der Waals surface area contributed by atoms with Crippen molar-refractivity contribution in [2.75, 3.05) is 26.7 Å². The van der Waals surface area contributed by atoms with Crippen LogP contribution in [0.5, 0.6) is 0 Å². The predicted molar refractivity (Wildman–Crippen MR) is 80.1 cm³/mol. The molecular weight excluding hydrogens is 222 g/mol. The van der Waals surface area contributed by atoms with Crippen LogP contribution in [-0.2, 0) is 0 Å². The molecule has 0 saturated carbocycles. The van der Waals surface area contributed by atoms with Gasteiger partial charge in [0.2, 0.25) is 0 Å². The predicted octanol–water partition coefficient (Wildman–Crippen LogP) is 2.23. The van der Waals surface area contributed by atoms with Crippen LogP contribution in [-0.4, -0.2) is 49.7 Å². The standard InChI is InChI=1S/C15H33N3/c1-13(2)18(4)11-6-5-9-16-14(3)12-15-8-7-10-17-15/h13-17H,5-12H2,1-4H3. The third kappa shape index (κ3) is 6.72. The lowest BCUT2D eigenvalue weighted by Crippen LogP contribution is -2.34. The van der Waals surface area contributed by atoms with E-state index in [4.69, 9.17) is 0 Å². The molecule has 3 nitrogen and oxygen atoms in total. The normalized spacial score (nSPS) is 22.0. The first-order valence-corrected chi connectivity index (χ1v) is 7.76. The summed E-state index contributed by atoms with van der Waals surface area (Å²) in [5, 5.41) is 7.22. The van der Waals surface area contributed by atoms with E-state index in [1.54, 1.807) is 0 Å². The van der Waals surface area contributed by atoms with E-state index in [9.17, 15) is 0 Å². The van der Waals surface area contributed by atoms with Crippen molar-refractivity contribution >= 4 is 0 Å². The van der Waals surface area contributed by atoms with E-state index in [-0.39, 0.29) is 0 Å². The van der Waals surface area contributed by atoms with Crippen LogP contribution in [0.1, 0.15) is 52.9 Å². The van der Waals surface area contributed by atoms with Crippen LogP contribution < -0.4 is 10.6 Å². The van der Waals surface area contributed by atoms with Crippen molar-refractivity contribution in [2.24, 2.45) is 0 Å². The van der Waals surface area contributed by atoms with Gasteiger partial charge in [-0.1, -0.05) is 0 Å². The maximum absolute atomic E-state index is 3.65. The molecule has 1 aliphatic rings. The molecule has 108 valence electrons. The van der Waals surface area contributed by atoms with Crippen LogP contribution in [0.4, 0.5) is 0 Å². The van der Waals surface area contributed by atoms with Crippen molar-refractivity contribution < 1.29 is 0 Å². The maximum Gasteiger partial charge on any atom is 0.00822 e. The molecular formula is C15H33N3. The van der Waals surface area contributed by atoms with E-state index in [0.29, 0.717) is 12.1 Å². The SMILES string of the molecule is CC(CC1CCCN1)NCCCCN(C)C(C)C. The highest BCUT2D eigenvalue weighted by molar-refractivity contribution is 4.78. The molecule has 1 saturated heterocycles. The molecule has 3 heteroatoms. The van der Waals surface area contributed by atoms with Gasteiger partial charge in [0.15, 0.2) is 0 Å². The van der Waals surface area contributed by atoms with Gasteiger partial charge in [-0.2, -0.15) is 0 Å². The minimum Gasteiger partial charge on any atom is -0.314 e. The first-order chi connectivity index (χ1) is 8.59. The highest BCUT2D eigenvalue weighted by Gasteiger charge is 2.16. The molecule has 0 aromatic rings. The molecule has 18 heavy (non-hydrogen) atoms. The number of unbranched alkanes of at least 4 members (excludes halogenated alkanes) is 1. The molecule has 0 aromatic heterocycles. The fourth-order valence-electron chi connectivity index (χ4n) is 2.56. The van der Waals surface area contributed by atoms with Gasteiger partial charge in [-0.3, -0.25) is 0 Å². The van der Waals surface area contributed by atoms with E-state index in [1.165, 1.54) is 51.7 Å². The molecule has 1 heterocycles. The van der Waals surface area contributed by atoms with E-state index in [2.05, 4.69) is 43.4 Å². The minimum atomic E-state index is 0.656. The smallest absolute Gasteiger partial charge is 0.00822 e. The molecule has 2 N–H and O–H groups in total. The van der Waals surface area contributed by atoms with Crippen LogP contribution in [0.3, 0.4) is 0 Å². The number of hydrogen-bond donors (Lipinski definition) is 2. The zero-order valence-electron chi connectivity index (χ0n) is 12.8. The summed E-state index contributed by atoms with van der Waals surface area (Å²) in [6.45, 7) is 10.4. The molecule has 2 atom stereocenters. The van der Waals surface area contributed by atoms with Crippen LogP contribution in [0.15, 0.2) is 0 Å². The fourth-order valence-corrected chi connectivity index (χ4v) is 2.56. The Bertz CT molecular complexity index is 200. The lowest BCUT2D eigenvalue weighted by Gasteiger charge is -2.21. The summed E-state index contributed by atoms with van der Waals surface area (Å²) in [4.78, 5) is 2.42. The molecule has 1 fully saturated rings. The largest absolute Gasteiger partial charge is 0.314 e. The Labute approximate surface area is 114 Å². The number of nitrogens with one attached hydrogen (secondary N) is 2. The number of nitrogens with zero attached hydrogens (tertiary/aromatic N) is 1. The zero-order valence-corrected chi connectivity index (χ0v) is 12.8.